The van der Waals surface area contributed by atoms with Crippen LogP contribution in [0.1, 0.15) is 29.5 Å². The number of fused-ring (bicyclic) bond motifs is 3. The summed E-state index contributed by atoms with van der Waals surface area (Å²) >= 11 is 0. The minimum absolute atomic E-state index is 0.0554. The standard InChI is InChI=1S/C18H15FN2O2/c19-16-6-2-5-15-13-3-1-4-14(13)17(20-18(15)16)11-7-9-12(10-8-11)21(22)23/h1-3,5-10,13-14,17,20H,4H2/t13-,14+,17-/m0/s1. The van der Waals surface area contributed by atoms with E-state index in [1.165, 1.54) is 18.2 Å². The van der Waals surface area contributed by atoms with Crippen molar-refractivity contribution in [2.45, 2.75) is 18.4 Å². The normalized spacial score (nSPS) is 24.7. The molecule has 0 saturated carbocycles. The molecule has 0 spiro atoms. The zero-order valence-corrected chi connectivity index (χ0v) is 12.3. The van der Waals surface area contributed by atoms with E-state index >= 15 is 0 Å². The number of rotatable bonds is 2. The lowest BCUT2D eigenvalue weighted by Gasteiger charge is -2.37. The van der Waals surface area contributed by atoms with Gasteiger partial charge in [-0.05, 0) is 29.5 Å². The van der Waals surface area contributed by atoms with Crippen molar-refractivity contribution in [2.75, 3.05) is 5.32 Å². The zero-order chi connectivity index (χ0) is 16.0. The number of hydrogen-bond donors (Lipinski definition) is 1. The lowest BCUT2D eigenvalue weighted by atomic mass is 9.77. The van der Waals surface area contributed by atoms with Crippen molar-refractivity contribution in [3.05, 3.63) is 81.7 Å². The van der Waals surface area contributed by atoms with Crippen molar-refractivity contribution in [3.63, 3.8) is 0 Å². The second-order valence-corrected chi connectivity index (χ2v) is 6.03. The average Bonchev–Trinajstić information content (AvgIpc) is 3.04. The van der Waals surface area contributed by atoms with E-state index in [0.717, 1.165) is 17.5 Å². The van der Waals surface area contributed by atoms with Gasteiger partial charge >= 0.3 is 0 Å². The summed E-state index contributed by atoms with van der Waals surface area (Å²) in [5.41, 5.74) is 2.55. The highest BCUT2D eigenvalue weighted by molar-refractivity contribution is 5.60. The Labute approximate surface area is 132 Å². The molecule has 0 bridgehead atoms. The molecule has 2 aliphatic rings. The first-order valence-corrected chi connectivity index (χ1v) is 7.61. The van der Waals surface area contributed by atoms with Gasteiger partial charge in [0.2, 0.25) is 0 Å². The molecule has 5 heteroatoms. The molecule has 0 aromatic heterocycles. The lowest BCUT2D eigenvalue weighted by Crippen LogP contribution is -2.29. The molecule has 1 aliphatic carbocycles. The molecule has 1 heterocycles. The fraction of sp³-hybridized carbons (Fsp3) is 0.222. The number of non-ortho nitro benzene ring substituents is 1. The van der Waals surface area contributed by atoms with Crippen molar-refractivity contribution >= 4 is 11.4 Å². The third kappa shape index (κ3) is 2.20. The first-order valence-electron chi connectivity index (χ1n) is 7.61. The SMILES string of the molecule is O=[N+]([O-])c1ccc([C@@H]2Nc3c(F)cccc3[C@H]3C=CC[C@H]32)cc1. The second-order valence-electron chi connectivity index (χ2n) is 6.03. The van der Waals surface area contributed by atoms with Gasteiger partial charge in [-0.3, -0.25) is 10.1 Å². The van der Waals surface area contributed by atoms with Gasteiger partial charge in [-0.15, -0.1) is 0 Å². The van der Waals surface area contributed by atoms with Crippen LogP contribution in [0.5, 0.6) is 0 Å². The smallest absolute Gasteiger partial charge is 0.269 e. The maximum absolute atomic E-state index is 14.2. The van der Waals surface area contributed by atoms with Gasteiger partial charge in [0, 0.05) is 18.1 Å². The van der Waals surface area contributed by atoms with Crippen LogP contribution in [0.4, 0.5) is 15.8 Å². The third-order valence-electron chi connectivity index (χ3n) is 4.81. The van der Waals surface area contributed by atoms with E-state index in [1.54, 1.807) is 18.2 Å². The van der Waals surface area contributed by atoms with Crippen LogP contribution >= 0.6 is 0 Å². The quantitative estimate of drug-likeness (QED) is 0.502. The molecule has 1 aliphatic heterocycles. The molecule has 3 atom stereocenters. The summed E-state index contributed by atoms with van der Waals surface area (Å²) in [6.45, 7) is 0. The molecule has 0 fully saturated rings. The first kappa shape index (κ1) is 13.9. The molecule has 0 amide bonds. The highest BCUT2D eigenvalue weighted by Gasteiger charge is 2.38. The number of nitro groups is 1. The summed E-state index contributed by atoms with van der Waals surface area (Å²) in [4.78, 5) is 10.4. The molecule has 0 saturated heterocycles. The monoisotopic (exact) mass is 310 g/mol. The first-order chi connectivity index (χ1) is 11.1. The molecule has 0 radical (unpaired) electrons. The largest absolute Gasteiger partial charge is 0.375 e. The number of nitrogens with zero attached hydrogens (tertiary/aromatic N) is 1. The van der Waals surface area contributed by atoms with Gasteiger partial charge < -0.3 is 5.32 Å². The van der Waals surface area contributed by atoms with E-state index in [-0.39, 0.29) is 23.5 Å². The maximum atomic E-state index is 14.2. The Bertz CT molecular complexity index is 801. The van der Waals surface area contributed by atoms with Crippen molar-refractivity contribution < 1.29 is 9.31 Å². The molecular weight excluding hydrogens is 295 g/mol. The number of allylic oxidation sites excluding steroid dienone is 2. The Morgan fingerprint density at radius 1 is 1.17 bits per heavy atom. The van der Waals surface area contributed by atoms with E-state index in [0.29, 0.717) is 11.6 Å². The number of nitro benzene ring substituents is 1. The van der Waals surface area contributed by atoms with Gasteiger partial charge in [0.1, 0.15) is 5.82 Å². The Kier molecular flexibility index (Phi) is 3.15. The Hall–Kier alpha value is -2.69. The van der Waals surface area contributed by atoms with Gasteiger partial charge in [0.15, 0.2) is 0 Å². The Balaban J connectivity index is 1.75. The van der Waals surface area contributed by atoms with Crippen LogP contribution in [0.25, 0.3) is 0 Å². The number of anilines is 1. The molecule has 1 N–H and O–H groups in total. The van der Waals surface area contributed by atoms with Crippen LogP contribution in [-0.4, -0.2) is 4.92 Å². The topological polar surface area (TPSA) is 55.2 Å². The van der Waals surface area contributed by atoms with Gasteiger partial charge in [-0.2, -0.15) is 0 Å². The van der Waals surface area contributed by atoms with Crippen molar-refractivity contribution in [1.29, 1.82) is 0 Å². The molecule has 4 rings (SSSR count). The predicted octanol–water partition coefficient (Wildman–Crippen LogP) is 4.56. The maximum Gasteiger partial charge on any atom is 0.269 e. The van der Waals surface area contributed by atoms with Crippen LogP contribution in [0.15, 0.2) is 54.6 Å². The Morgan fingerprint density at radius 2 is 1.96 bits per heavy atom. The van der Waals surface area contributed by atoms with E-state index in [4.69, 9.17) is 0 Å². The summed E-state index contributed by atoms with van der Waals surface area (Å²) in [6, 6.07) is 11.6. The molecular formula is C18H15FN2O2. The summed E-state index contributed by atoms with van der Waals surface area (Å²) in [7, 11) is 0. The molecule has 4 nitrogen and oxygen atoms in total. The molecule has 2 aromatic carbocycles. The van der Waals surface area contributed by atoms with Crippen LogP contribution < -0.4 is 5.32 Å². The molecule has 116 valence electrons. The van der Waals surface area contributed by atoms with E-state index in [2.05, 4.69) is 17.5 Å². The van der Waals surface area contributed by atoms with E-state index in [1.807, 2.05) is 6.07 Å². The third-order valence-corrected chi connectivity index (χ3v) is 4.81. The average molecular weight is 310 g/mol. The second kappa shape index (κ2) is 5.19. The number of halogens is 1. The molecule has 0 unspecified atom stereocenters. The minimum atomic E-state index is -0.410. The van der Waals surface area contributed by atoms with Crippen LogP contribution in [0.3, 0.4) is 0 Å². The summed E-state index contributed by atoms with van der Waals surface area (Å²) in [5.74, 6) is 0.223. The van der Waals surface area contributed by atoms with Crippen LogP contribution in [0.2, 0.25) is 0 Å². The van der Waals surface area contributed by atoms with Crippen molar-refractivity contribution in [1.82, 2.24) is 0 Å². The summed E-state index contributed by atoms with van der Waals surface area (Å²) < 4.78 is 14.2. The number of para-hydroxylation sites is 1. The van der Waals surface area contributed by atoms with E-state index in [9.17, 15) is 14.5 Å². The summed E-state index contributed by atoms with van der Waals surface area (Å²) in [6.07, 6.45) is 5.19. The fourth-order valence-electron chi connectivity index (χ4n) is 3.72. The molecule has 23 heavy (non-hydrogen) atoms. The van der Waals surface area contributed by atoms with Gasteiger partial charge in [0.05, 0.1) is 16.7 Å². The van der Waals surface area contributed by atoms with E-state index < -0.39 is 4.92 Å². The van der Waals surface area contributed by atoms with Gasteiger partial charge in [-0.1, -0.05) is 36.4 Å². The predicted molar refractivity (Wildman–Crippen MR) is 85.8 cm³/mol. The fourth-order valence-corrected chi connectivity index (χ4v) is 3.72. The minimum Gasteiger partial charge on any atom is -0.375 e. The number of hydrogen-bond acceptors (Lipinski definition) is 3. The van der Waals surface area contributed by atoms with Crippen LogP contribution in [-0.2, 0) is 0 Å². The summed E-state index contributed by atoms with van der Waals surface area (Å²) in [5, 5.41) is 14.1. The number of nitrogens with one attached hydrogen (secondary N) is 1. The van der Waals surface area contributed by atoms with Crippen LogP contribution in [0, 0.1) is 21.8 Å². The zero-order valence-electron chi connectivity index (χ0n) is 12.3. The van der Waals surface area contributed by atoms with Crippen molar-refractivity contribution in [3.8, 4) is 0 Å². The number of benzene rings is 2. The molecule has 2 aromatic rings. The van der Waals surface area contributed by atoms with Gasteiger partial charge in [0.25, 0.3) is 5.69 Å². The lowest BCUT2D eigenvalue weighted by molar-refractivity contribution is -0.384. The highest BCUT2D eigenvalue weighted by Crippen LogP contribution is 2.50. The van der Waals surface area contributed by atoms with Gasteiger partial charge in [-0.25, -0.2) is 4.39 Å². The highest BCUT2D eigenvalue weighted by atomic mass is 19.1. The Morgan fingerprint density at radius 3 is 2.70 bits per heavy atom. The van der Waals surface area contributed by atoms with Crippen molar-refractivity contribution in [2.24, 2.45) is 5.92 Å².